The molecule has 0 aromatic heterocycles. The molecule has 0 aliphatic carbocycles. The van der Waals surface area contributed by atoms with E-state index in [1.807, 2.05) is 6.92 Å². The lowest BCUT2D eigenvalue weighted by Gasteiger charge is -2.05. The number of hydrogen-bond acceptors (Lipinski definition) is 2. The van der Waals surface area contributed by atoms with Crippen molar-refractivity contribution >= 4 is 22.6 Å². The Labute approximate surface area is 57.3 Å². The van der Waals surface area contributed by atoms with Gasteiger partial charge in [-0.05, 0) is 6.92 Å². The summed E-state index contributed by atoms with van der Waals surface area (Å²) in [7, 11) is 1.62. The molecule has 2 nitrogen and oxygen atoms in total. The molecule has 3 heteroatoms. The largest absolute Gasteiger partial charge is 0.356 e. The fourth-order valence-electron chi connectivity index (χ4n) is 0.157. The number of ether oxygens (including phenoxy) is 2. The molecule has 1 unspecified atom stereocenters. The Kier molecular flexibility index (Phi) is 5.25. The minimum atomic E-state index is -0.0584. The van der Waals surface area contributed by atoms with Crippen LogP contribution in [0.2, 0.25) is 0 Å². The molecule has 0 radical (unpaired) electrons. The molecule has 0 rings (SSSR count). The maximum absolute atomic E-state index is 4.96. The molecule has 0 aromatic carbocycles. The van der Waals surface area contributed by atoms with Crippen molar-refractivity contribution < 1.29 is 9.47 Å². The van der Waals surface area contributed by atoms with Crippen LogP contribution in [-0.4, -0.2) is 18.0 Å². The normalized spacial score (nSPS) is 14.1. The summed E-state index contributed by atoms with van der Waals surface area (Å²) in [5.74, 6) is 0. The van der Waals surface area contributed by atoms with Crippen LogP contribution in [0.4, 0.5) is 0 Å². The number of halogens is 1. The van der Waals surface area contributed by atoms with Gasteiger partial charge in [-0.15, -0.1) is 0 Å². The molecule has 0 aromatic rings. The first kappa shape index (κ1) is 7.65. The van der Waals surface area contributed by atoms with Gasteiger partial charge in [-0.2, -0.15) is 0 Å². The molecule has 0 aliphatic rings. The summed E-state index contributed by atoms with van der Waals surface area (Å²) in [5, 5.41) is 0. The van der Waals surface area contributed by atoms with Gasteiger partial charge in [0.15, 0.2) is 6.29 Å². The highest BCUT2D eigenvalue weighted by atomic mass is 127. The lowest BCUT2D eigenvalue weighted by atomic mass is 10.8. The van der Waals surface area contributed by atoms with Crippen LogP contribution in [-0.2, 0) is 9.47 Å². The molecule has 0 N–H and O–H groups in total. The summed E-state index contributed by atoms with van der Waals surface area (Å²) in [6.07, 6.45) is -0.0584. The van der Waals surface area contributed by atoms with Gasteiger partial charge in [0, 0.05) is 7.11 Å². The van der Waals surface area contributed by atoms with Crippen molar-refractivity contribution in [2.45, 2.75) is 13.2 Å². The third-order valence-electron chi connectivity index (χ3n) is 0.630. The van der Waals surface area contributed by atoms with E-state index in [9.17, 15) is 0 Å². The Balaban J connectivity index is 2.83. The molecule has 0 amide bonds. The summed E-state index contributed by atoms with van der Waals surface area (Å²) in [6, 6.07) is 0. The molecule has 7 heavy (non-hydrogen) atoms. The maximum Gasteiger partial charge on any atom is 0.155 e. The molecule has 0 fully saturated rings. The Morgan fingerprint density at radius 3 is 2.43 bits per heavy atom. The summed E-state index contributed by atoms with van der Waals surface area (Å²) >= 11 is 2.12. The van der Waals surface area contributed by atoms with Crippen LogP contribution < -0.4 is 0 Å². The SMILES string of the molecule is COC(C)OCI. The van der Waals surface area contributed by atoms with E-state index >= 15 is 0 Å². The van der Waals surface area contributed by atoms with Crippen LogP contribution in [0.5, 0.6) is 0 Å². The fraction of sp³-hybridized carbons (Fsp3) is 1.00. The molecule has 0 heterocycles. The van der Waals surface area contributed by atoms with Crippen LogP contribution in [0.3, 0.4) is 0 Å². The maximum atomic E-state index is 4.96. The van der Waals surface area contributed by atoms with E-state index in [-0.39, 0.29) is 6.29 Å². The van der Waals surface area contributed by atoms with Gasteiger partial charge in [-0.1, -0.05) is 22.6 Å². The lowest BCUT2D eigenvalue weighted by molar-refractivity contribution is -0.0907. The van der Waals surface area contributed by atoms with Gasteiger partial charge < -0.3 is 9.47 Å². The highest BCUT2D eigenvalue weighted by molar-refractivity contribution is 14.1. The van der Waals surface area contributed by atoms with E-state index in [0.29, 0.717) is 4.61 Å². The van der Waals surface area contributed by atoms with Gasteiger partial charge in [0.1, 0.15) is 4.61 Å². The van der Waals surface area contributed by atoms with Crippen molar-refractivity contribution in [1.29, 1.82) is 0 Å². The van der Waals surface area contributed by atoms with E-state index in [0.717, 1.165) is 0 Å². The topological polar surface area (TPSA) is 18.5 Å². The highest BCUT2D eigenvalue weighted by Gasteiger charge is 1.92. The lowest BCUT2D eigenvalue weighted by Crippen LogP contribution is -2.07. The van der Waals surface area contributed by atoms with Crippen LogP contribution in [0.1, 0.15) is 6.92 Å². The molecular formula is C4H9IO2. The molecule has 0 spiro atoms. The first-order valence-corrected chi connectivity index (χ1v) is 3.54. The van der Waals surface area contributed by atoms with Gasteiger partial charge >= 0.3 is 0 Å². The third-order valence-corrected chi connectivity index (χ3v) is 0.989. The predicted molar refractivity (Wildman–Crippen MR) is 36.4 cm³/mol. The zero-order valence-electron chi connectivity index (χ0n) is 4.48. The standard InChI is InChI=1S/C4H9IO2/c1-4(6-2)7-3-5/h4H,3H2,1-2H3. The van der Waals surface area contributed by atoms with E-state index in [1.165, 1.54) is 0 Å². The van der Waals surface area contributed by atoms with Crippen molar-refractivity contribution in [2.75, 3.05) is 11.7 Å². The van der Waals surface area contributed by atoms with Crippen molar-refractivity contribution in [2.24, 2.45) is 0 Å². The Morgan fingerprint density at radius 1 is 1.71 bits per heavy atom. The summed E-state index contributed by atoms with van der Waals surface area (Å²) < 4.78 is 10.4. The minimum absolute atomic E-state index is 0.0584. The molecule has 0 saturated heterocycles. The summed E-state index contributed by atoms with van der Waals surface area (Å²) in [4.78, 5) is 0. The monoisotopic (exact) mass is 216 g/mol. The van der Waals surface area contributed by atoms with Crippen LogP contribution in [0.15, 0.2) is 0 Å². The van der Waals surface area contributed by atoms with Crippen LogP contribution >= 0.6 is 22.6 Å². The Morgan fingerprint density at radius 2 is 2.29 bits per heavy atom. The van der Waals surface area contributed by atoms with E-state index in [4.69, 9.17) is 9.47 Å². The molecule has 44 valence electrons. The van der Waals surface area contributed by atoms with Crippen LogP contribution in [0.25, 0.3) is 0 Å². The average Bonchev–Trinajstić information content (AvgIpc) is 1.68. The Bertz CT molecular complexity index is 40.7. The van der Waals surface area contributed by atoms with Crippen molar-refractivity contribution in [3.05, 3.63) is 0 Å². The first-order valence-electron chi connectivity index (χ1n) is 2.01. The van der Waals surface area contributed by atoms with E-state index in [1.54, 1.807) is 7.11 Å². The van der Waals surface area contributed by atoms with Gasteiger partial charge in [0.2, 0.25) is 0 Å². The first-order chi connectivity index (χ1) is 3.31. The Hall–Kier alpha value is 0.650. The van der Waals surface area contributed by atoms with Crippen molar-refractivity contribution in [3.63, 3.8) is 0 Å². The minimum Gasteiger partial charge on any atom is -0.356 e. The molecule has 0 saturated carbocycles. The number of alkyl halides is 1. The van der Waals surface area contributed by atoms with Gasteiger partial charge in [-0.25, -0.2) is 0 Å². The molecular weight excluding hydrogens is 207 g/mol. The zero-order chi connectivity index (χ0) is 5.70. The van der Waals surface area contributed by atoms with Gasteiger partial charge in [0.05, 0.1) is 0 Å². The molecule has 0 bridgehead atoms. The second kappa shape index (κ2) is 4.80. The zero-order valence-corrected chi connectivity index (χ0v) is 6.64. The van der Waals surface area contributed by atoms with E-state index < -0.39 is 0 Å². The van der Waals surface area contributed by atoms with Crippen LogP contribution in [0, 0.1) is 0 Å². The second-order valence-corrected chi connectivity index (χ2v) is 1.70. The quantitative estimate of drug-likeness (QED) is 0.403. The number of rotatable bonds is 3. The predicted octanol–water partition coefficient (Wildman–Crippen LogP) is 1.39. The van der Waals surface area contributed by atoms with Crippen molar-refractivity contribution in [3.8, 4) is 0 Å². The molecule has 1 atom stereocenters. The molecule has 0 aliphatic heterocycles. The average molecular weight is 216 g/mol. The number of methoxy groups -OCH3 is 1. The second-order valence-electron chi connectivity index (χ2n) is 1.08. The fourth-order valence-corrected chi connectivity index (χ4v) is 0.663. The van der Waals surface area contributed by atoms with E-state index in [2.05, 4.69) is 22.6 Å². The van der Waals surface area contributed by atoms with Gasteiger partial charge in [0.25, 0.3) is 0 Å². The van der Waals surface area contributed by atoms with Gasteiger partial charge in [-0.3, -0.25) is 0 Å². The third kappa shape index (κ3) is 4.50. The summed E-state index contributed by atoms with van der Waals surface area (Å²) in [5.41, 5.74) is 0. The number of hydrogen-bond donors (Lipinski definition) is 0. The smallest absolute Gasteiger partial charge is 0.155 e. The highest BCUT2D eigenvalue weighted by Crippen LogP contribution is 1.92. The summed E-state index contributed by atoms with van der Waals surface area (Å²) in [6.45, 7) is 1.86. The van der Waals surface area contributed by atoms with Crippen molar-refractivity contribution in [1.82, 2.24) is 0 Å².